The van der Waals surface area contributed by atoms with Gasteiger partial charge < -0.3 is 9.47 Å². The van der Waals surface area contributed by atoms with Crippen LogP contribution in [0.4, 0.5) is 11.4 Å². The second kappa shape index (κ2) is 19.1. The smallest absolute Gasteiger partial charge is 0.0547 e. The third kappa shape index (κ3) is 8.25. The number of anilines is 2. The standard InChI is InChI=1S/C66H46N2S.C2H6/c1-4-15-45(16-5-1)47-27-29-49(30-28-47)50-33-38-57(61(42-50)52-34-39-59-58-23-10-12-25-63(58)68(64(59)43-52)53-20-8-3-9-21-53)51-19-14-22-55(41-51)67(54-35-31-48(32-36-54)46-17-6-2-7-18-46)56-37-40-66-62(44-56)60-24-11-13-26-65(60)69-66;1-2/h1-13,15-18,20-44H,14,19H2;1-2H3. The van der Waals surface area contributed by atoms with Crippen LogP contribution in [0.2, 0.25) is 0 Å². The number of hydrogen-bond donors (Lipinski definition) is 0. The van der Waals surface area contributed by atoms with Crippen LogP contribution >= 0.6 is 11.3 Å². The molecule has 0 amide bonds. The summed E-state index contributed by atoms with van der Waals surface area (Å²) < 4.78 is 5.04. The average molecular weight is 929 g/mol. The van der Waals surface area contributed by atoms with Crippen molar-refractivity contribution in [2.24, 2.45) is 0 Å². The van der Waals surface area contributed by atoms with Gasteiger partial charge >= 0.3 is 0 Å². The van der Waals surface area contributed by atoms with Crippen LogP contribution in [0.15, 0.2) is 261 Å². The minimum Gasteiger partial charge on any atom is -0.311 e. The first-order valence-corrected chi connectivity index (χ1v) is 25.7. The van der Waals surface area contributed by atoms with Gasteiger partial charge in [-0.15, -0.1) is 11.3 Å². The van der Waals surface area contributed by atoms with Gasteiger partial charge in [0.15, 0.2) is 0 Å². The first-order valence-electron chi connectivity index (χ1n) is 24.9. The van der Waals surface area contributed by atoms with E-state index in [0.717, 1.165) is 29.9 Å². The van der Waals surface area contributed by atoms with Gasteiger partial charge in [-0.1, -0.05) is 196 Å². The molecular weight excluding hydrogens is 877 g/mol. The van der Waals surface area contributed by atoms with Crippen LogP contribution in [0.5, 0.6) is 0 Å². The van der Waals surface area contributed by atoms with E-state index in [1.807, 2.05) is 25.2 Å². The van der Waals surface area contributed by atoms with Gasteiger partial charge in [-0.05, 0) is 141 Å². The molecule has 0 bridgehead atoms. The molecular formula is C68H52N2S. The number of rotatable bonds is 9. The summed E-state index contributed by atoms with van der Waals surface area (Å²) in [6.45, 7) is 4.00. The predicted molar refractivity (Wildman–Crippen MR) is 307 cm³/mol. The summed E-state index contributed by atoms with van der Waals surface area (Å²) in [7, 11) is 0. The lowest BCUT2D eigenvalue weighted by Crippen LogP contribution is -2.17. The predicted octanol–water partition coefficient (Wildman–Crippen LogP) is 19.7. The van der Waals surface area contributed by atoms with Crippen molar-refractivity contribution in [1.82, 2.24) is 4.57 Å². The Kier molecular flexibility index (Phi) is 11.8. The van der Waals surface area contributed by atoms with Crippen molar-refractivity contribution in [3.63, 3.8) is 0 Å². The van der Waals surface area contributed by atoms with Crippen LogP contribution in [0.3, 0.4) is 0 Å². The molecule has 340 valence electrons. The number of benzene rings is 10. The van der Waals surface area contributed by atoms with Gasteiger partial charge in [-0.25, -0.2) is 0 Å². The van der Waals surface area contributed by atoms with Crippen LogP contribution in [-0.2, 0) is 0 Å². The monoisotopic (exact) mass is 928 g/mol. The van der Waals surface area contributed by atoms with Crippen molar-refractivity contribution in [3.8, 4) is 50.2 Å². The second-order valence-electron chi connectivity index (χ2n) is 18.0. The van der Waals surface area contributed by atoms with E-state index in [1.54, 1.807) is 0 Å². The highest BCUT2D eigenvalue weighted by atomic mass is 32.1. The molecule has 2 aromatic heterocycles. The molecule has 71 heavy (non-hydrogen) atoms. The Labute approximate surface area is 420 Å². The minimum absolute atomic E-state index is 0.923. The van der Waals surface area contributed by atoms with E-state index in [-0.39, 0.29) is 0 Å². The third-order valence-corrected chi connectivity index (χ3v) is 15.0. The molecule has 12 aromatic rings. The maximum Gasteiger partial charge on any atom is 0.0547 e. The zero-order chi connectivity index (χ0) is 47.7. The summed E-state index contributed by atoms with van der Waals surface area (Å²) in [4.78, 5) is 2.46. The Morgan fingerprint density at radius 1 is 0.380 bits per heavy atom. The summed E-state index contributed by atoms with van der Waals surface area (Å²) in [6, 6.07) is 89.0. The van der Waals surface area contributed by atoms with Gasteiger partial charge in [0.1, 0.15) is 0 Å². The normalized spacial score (nSPS) is 12.4. The molecule has 10 aromatic carbocycles. The van der Waals surface area contributed by atoms with E-state index in [1.165, 1.54) is 103 Å². The summed E-state index contributed by atoms with van der Waals surface area (Å²) in [6.07, 6.45) is 6.74. The molecule has 2 nitrogen and oxygen atoms in total. The van der Waals surface area contributed by atoms with E-state index >= 15 is 0 Å². The van der Waals surface area contributed by atoms with Crippen LogP contribution in [0.1, 0.15) is 32.3 Å². The van der Waals surface area contributed by atoms with Gasteiger partial charge in [0.05, 0.1) is 11.0 Å². The average Bonchev–Trinajstić information content (AvgIpc) is 4.00. The number of aromatic nitrogens is 1. The lowest BCUT2D eigenvalue weighted by molar-refractivity contribution is 1.01. The number of thiophene rings is 1. The van der Waals surface area contributed by atoms with Gasteiger partial charge in [-0.2, -0.15) is 0 Å². The molecule has 0 saturated heterocycles. The summed E-state index contributed by atoms with van der Waals surface area (Å²) >= 11 is 1.86. The summed E-state index contributed by atoms with van der Waals surface area (Å²) in [5, 5.41) is 5.09. The first kappa shape index (κ1) is 43.8. The molecule has 0 saturated carbocycles. The van der Waals surface area contributed by atoms with Gasteiger partial charge in [-0.3, -0.25) is 0 Å². The van der Waals surface area contributed by atoms with E-state index in [9.17, 15) is 0 Å². The molecule has 1 aliphatic rings. The third-order valence-electron chi connectivity index (χ3n) is 13.9. The number of hydrogen-bond acceptors (Lipinski definition) is 2. The van der Waals surface area contributed by atoms with E-state index in [0.29, 0.717) is 0 Å². The lowest BCUT2D eigenvalue weighted by Gasteiger charge is -2.29. The zero-order valence-corrected chi connectivity index (χ0v) is 40.8. The Bertz CT molecular complexity index is 3910. The van der Waals surface area contributed by atoms with E-state index < -0.39 is 0 Å². The van der Waals surface area contributed by atoms with Gasteiger partial charge in [0.2, 0.25) is 0 Å². The molecule has 0 spiro atoms. The van der Waals surface area contributed by atoms with Crippen LogP contribution < -0.4 is 4.90 Å². The topological polar surface area (TPSA) is 8.17 Å². The van der Waals surface area contributed by atoms with Crippen molar-refractivity contribution in [2.45, 2.75) is 26.7 Å². The van der Waals surface area contributed by atoms with Crippen molar-refractivity contribution < 1.29 is 0 Å². The first-order chi connectivity index (χ1) is 35.2. The van der Waals surface area contributed by atoms with Crippen molar-refractivity contribution >= 4 is 70.3 Å². The SMILES string of the molecule is C1=C(c2ccc(-c3ccc(-c4ccccc4)cc3)cc2-c2ccc3c4ccccc4n(-c4ccccc4)c3c2)CCC=C1N(c1ccc(-c2ccccc2)cc1)c1ccc2sc3ccccc3c2c1.CC. The molecule has 2 heterocycles. The molecule has 0 radical (unpaired) electrons. The second-order valence-corrected chi connectivity index (χ2v) is 19.1. The lowest BCUT2D eigenvalue weighted by atomic mass is 9.87. The Morgan fingerprint density at radius 2 is 0.915 bits per heavy atom. The van der Waals surface area contributed by atoms with Gasteiger partial charge in [0, 0.05) is 53.7 Å². The van der Waals surface area contributed by atoms with Gasteiger partial charge in [0.25, 0.3) is 0 Å². The maximum atomic E-state index is 2.46. The fraction of sp³-hybridized carbons (Fsp3) is 0.0588. The van der Waals surface area contributed by atoms with E-state index in [2.05, 4.69) is 264 Å². The van der Waals surface area contributed by atoms with Crippen molar-refractivity contribution in [1.29, 1.82) is 0 Å². The molecule has 1 aliphatic carbocycles. The molecule has 13 rings (SSSR count). The minimum atomic E-state index is 0.923. The van der Waals surface area contributed by atoms with Crippen molar-refractivity contribution in [3.05, 3.63) is 266 Å². The van der Waals surface area contributed by atoms with Crippen LogP contribution in [-0.4, -0.2) is 4.57 Å². The van der Waals surface area contributed by atoms with Crippen molar-refractivity contribution in [2.75, 3.05) is 4.90 Å². The van der Waals surface area contributed by atoms with Crippen LogP contribution in [0.25, 0.3) is 97.7 Å². The zero-order valence-electron chi connectivity index (χ0n) is 40.0. The molecule has 3 heteroatoms. The Morgan fingerprint density at radius 3 is 1.63 bits per heavy atom. The highest BCUT2D eigenvalue weighted by Gasteiger charge is 2.22. The highest BCUT2D eigenvalue weighted by molar-refractivity contribution is 7.25. The van der Waals surface area contributed by atoms with E-state index in [4.69, 9.17) is 0 Å². The molecule has 0 atom stereocenters. The molecule has 0 N–H and O–H groups in total. The molecule has 0 fully saturated rings. The Balaban J connectivity index is 0.00000256. The number of allylic oxidation sites excluding steroid dienone is 3. The quantitative estimate of drug-likeness (QED) is 0.140. The molecule has 0 aliphatic heterocycles. The summed E-state index contributed by atoms with van der Waals surface area (Å²) in [5.74, 6) is 0. The summed E-state index contributed by atoms with van der Waals surface area (Å²) in [5.41, 5.74) is 19.3. The number of para-hydroxylation sites is 2. The highest BCUT2D eigenvalue weighted by Crippen LogP contribution is 2.44. The maximum absolute atomic E-state index is 2.46. The number of fused-ring (bicyclic) bond motifs is 6. The largest absolute Gasteiger partial charge is 0.311 e. The molecule has 0 unspecified atom stereocenters. The fourth-order valence-corrected chi connectivity index (χ4v) is 11.6. The Hall–Kier alpha value is -8.50. The van der Waals surface area contributed by atoms with Crippen LogP contribution in [0, 0.1) is 0 Å². The number of nitrogens with zero attached hydrogens (tertiary/aromatic N) is 2. The fourth-order valence-electron chi connectivity index (χ4n) is 10.5.